The first-order valence-electron chi connectivity index (χ1n) is 6.11. The van der Waals surface area contributed by atoms with Crippen molar-refractivity contribution in [3.63, 3.8) is 0 Å². The topological polar surface area (TPSA) is 54.9 Å². The van der Waals surface area contributed by atoms with Gasteiger partial charge in [-0.15, -0.1) is 0 Å². The van der Waals surface area contributed by atoms with Crippen LogP contribution in [-0.4, -0.2) is 9.55 Å². The first kappa shape index (κ1) is 12.9. The molecule has 0 fully saturated rings. The minimum absolute atomic E-state index is 0.248. The van der Waals surface area contributed by atoms with E-state index in [1.807, 2.05) is 24.3 Å². The maximum Gasteiger partial charge on any atom is 0.329 e. The molecule has 0 saturated carbocycles. The smallest absolute Gasteiger partial charge is 0.307 e. The van der Waals surface area contributed by atoms with Crippen LogP contribution < -0.4 is 11.2 Å². The Kier molecular flexibility index (Phi) is 3.28. The Morgan fingerprint density at radius 1 is 1.05 bits per heavy atom. The molecule has 20 heavy (non-hydrogen) atoms. The van der Waals surface area contributed by atoms with E-state index in [0.29, 0.717) is 10.9 Å². The van der Waals surface area contributed by atoms with Gasteiger partial charge in [-0.2, -0.15) is 0 Å². The second kappa shape index (κ2) is 5.09. The molecule has 0 bridgehead atoms. The van der Waals surface area contributed by atoms with E-state index in [0.717, 1.165) is 10.0 Å². The molecular formula is C15H11BrN2O2. The Bertz CT molecular complexity index is 896. The van der Waals surface area contributed by atoms with Gasteiger partial charge in [0.1, 0.15) is 0 Å². The predicted molar refractivity (Wildman–Crippen MR) is 82.1 cm³/mol. The normalized spacial score (nSPS) is 10.8. The third-order valence-corrected chi connectivity index (χ3v) is 3.61. The first-order valence-corrected chi connectivity index (χ1v) is 6.91. The summed E-state index contributed by atoms with van der Waals surface area (Å²) >= 11 is 3.38. The fourth-order valence-corrected chi connectivity index (χ4v) is 2.61. The van der Waals surface area contributed by atoms with E-state index >= 15 is 0 Å². The molecule has 4 nitrogen and oxygen atoms in total. The molecule has 1 aromatic heterocycles. The average molecular weight is 331 g/mol. The summed E-state index contributed by atoms with van der Waals surface area (Å²) in [5.41, 5.74) is 0.785. The standard InChI is InChI=1S/C15H11BrN2O2/c16-11-5-3-4-10(8-11)9-18-14(19)12-6-1-2-7-13(12)17-15(18)20/h1-8H,9H2,(H,17,20). The van der Waals surface area contributed by atoms with E-state index in [-0.39, 0.29) is 12.1 Å². The Morgan fingerprint density at radius 2 is 1.85 bits per heavy atom. The number of hydrogen-bond acceptors (Lipinski definition) is 2. The van der Waals surface area contributed by atoms with Gasteiger partial charge in [0.05, 0.1) is 17.4 Å². The third kappa shape index (κ3) is 2.32. The number of para-hydroxylation sites is 1. The predicted octanol–water partition coefficient (Wildman–Crippen LogP) is 2.50. The van der Waals surface area contributed by atoms with Gasteiger partial charge in [-0.25, -0.2) is 4.79 Å². The van der Waals surface area contributed by atoms with Gasteiger partial charge in [-0.1, -0.05) is 40.2 Å². The van der Waals surface area contributed by atoms with Crippen molar-refractivity contribution in [1.29, 1.82) is 0 Å². The van der Waals surface area contributed by atoms with Crippen molar-refractivity contribution in [3.05, 3.63) is 79.4 Å². The molecule has 0 spiro atoms. The number of aromatic amines is 1. The summed E-state index contributed by atoms with van der Waals surface area (Å²) in [6, 6.07) is 14.6. The molecule has 3 aromatic rings. The number of benzene rings is 2. The molecule has 1 N–H and O–H groups in total. The van der Waals surface area contributed by atoms with Crippen LogP contribution >= 0.6 is 15.9 Å². The zero-order valence-corrected chi connectivity index (χ0v) is 12.1. The van der Waals surface area contributed by atoms with Crippen LogP contribution in [0.15, 0.2) is 62.6 Å². The number of halogens is 1. The maximum atomic E-state index is 12.4. The van der Waals surface area contributed by atoms with Crippen molar-refractivity contribution in [1.82, 2.24) is 9.55 Å². The zero-order valence-electron chi connectivity index (χ0n) is 10.5. The summed E-state index contributed by atoms with van der Waals surface area (Å²) in [5.74, 6) is 0. The molecule has 0 aliphatic heterocycles. The summed E-state index contributed by atoms with van der Waals surface area (Å²) < 4.78 is 2.13. The number of H-pyrrole nitrogens is 1. The largest absolute Gasteiger partial charge is 0.329 e. The summed E-state index contributed by atoms with van der Waals surface area (Å²) in [6.07, 6.45) is 0. The molecule has 1 heterocycles. The summed E-state index contributed by atoms with van der Waals surface area (Å²) in [7, 11) is 0. The molecule has 5 heteroatoms. The molecular weight excluding hydrogens is 320 g/mol. The van der Waals surface area contributed by atoms with Crippen molar-refractivity contribution in [2.45, 2.75) is 6.54 Å². The fourth-order valence-electron chi connectivity index (χ4n) is 2.16. The summed E-state index contributed by atoms with van der Waals surface area (Å²) in [5, 5.41) is 0.516. The van der Waals surface area contributed by atoms with Gasteiger partial charge in [0.25, 0.3) is 5.56 Å². The highest BCUT2D eigenvalue weighted by Gasteiger charge is 2.07. The Hall–Kier alpha value is -2.14. The lowest BCUT2D eigenvalue weighted by Crippen LogP contribution is -2.35. The molecule has 0 atom stereocenters. The van der Waals surface area contributed by atoms with Crippen LogP contribution in [0.4, 0.5) is 0 Å². The molecule has 3 rings (SSSR count). The van der Waals surface area contributed by atoms with Gasteiger partial charge >= 0.3 is 5.69 Å². The zero-order chi connectivity index (χ0) is 14.1. The van der Waals surface area contributed by atoms with Crippen LogP contribution in [-0.2, 0) is 6.54 Å². The molecule has 0 saturated heterocycles. The maximum absolute atomic E-state index is 12.4. The van der Waals surface area contributed by atoms with Crippen molar-refractivity contribution in [3.8, 4) is 0 Å². The van der Waals surface area contributed by atoms with Gasteiger partial charge < -0.3 is 4.98 Å². The van der Waals surface area contributed by atoms with Gasteiger partial charge in [0.15, 0.2) is 0 Å². The quantitative estimate of drug-likeness (QED) is 0.784. The van der Waals surface area contributed by atoms with Crippen molar-refractivity contribution in [2.24, 2.45) is 0 Å². The highest BCUT2D eigenvalue weighted by Crippen LogP contribution is 2.12. The van der Waals surface area contributed by atoms with Crippen LogP contribution in [0.3, 0.4) is 0 Å². The number of fused-ring (bicyclic) bond motifs is 1. The fraction of sp³-hybridized carbons (Fsp3) is 0.0667. The van der Waals surface area contributed by atoms with Gasteiger partial charge in [-0.05, 0) is 29.8 Å². The Labute approximate surface area is 122 Å². The lowest BCUT2D eigenvalue weighted by atomic mass is 10.2. The van der Waals surface area contributed by atoms with E-state index in [4.69, 9.17) is 0 Å². The van der Waals surface area contributed by atoms with Crippen molar-refractivity contribution >= 4 is 26.8 Å². The number of nitrogens with zero attached hydrogens (tertiary/aromatic N) is 1. The highest BCUT2D eigenvalue weighted by atomic mass is 79.9. The molecule has 0 unspecified atom stereocenters. The minimum Gasteiger partial charge on any atom is -0.307 e. The second-order valence-electron chi connectivity index (χ2n) is 4.50. The molecule has 0 amide bonds. The van der Waals surface area contributed by atoms with Crippen LogP contribution in [0.25, 0.3) is 10.9 Å². The molecule has 0 radical (unpaired) electrons. The highest BCUT2D eigenvalue weighted by molar-refractivity contribution is 9.10. The molecule has 0 aliphatic rings. The van der Waals surface area contributed by atoms with Crippen LogP contribution in [0.5, 0.6) is 0 Å². The lowest BCUT2D eigenvalue weighted by molar-refractivity contribution is 0.711. The van der Waals surface area contributed by atoms with Gasteiger partial charge in [0.2, 0.25) is 0 Å². The van der Waals surface area contributed by atoms with E-state index in [2.05, 4.69) is 20.9 Å². The number of nitrogens with one attached hydrogen (secondary N) is 1. The summed E-state index contributed by atoms with van der Waals surface area (Å²) in [6.45, 7) is 0.248. The third-order valence-electron chi connectivity index (χ3n) is 3.12. The molecule has 2 aromatic carbocycles. The number of rotatable bonds is 2. The van der Waals surface area contributed by atoms with E-state index in [1.165, 1.54) is 4.57 Å². The molecule has 0 aliphatic carbocycles. The van der Waals surface area contributed by atoms with E-state index in [9.17, 15) is 9.59 Å². The van der Waals surface area contributed by atoms with Crippen LogP contribution in [0, 0.1) is 0 Å². The first-order chi connectivity index (χ1) is 9.65. The Balaban J connectivity index is 2.17. The Morgan fingerprint density at radius 3 is 2.65 bits per heavy atom. The number of aromatic nitrogens is 2. The number of hydrogen-bond donors (Lipinski definition) is 1. The van der Waals surface area contributed by atoms with Crippen molar-refractivity contribution in [2.75, 3.05) is 0 Å². The average Bonchev–Trinajstić information content (AvgIpc) is 2.43. The second-order valence-corrected chi connectivity index (χ2v) is 5.41. The monoisotopic (exact) mass is 330 g/mol. The lowest BCUT2D eigenvalue weighted by Gasteiger charge is -2.06. The van der Waals surface area contributed by atoms with Gasteiger partial charge in [-0.3, -0.25) is 9.36 Å². The van der Waals surface area contributed by atoms with Crippen molar-refractivity contribution < 1.29 is 0 Å². The van der Waals surface area contributed by atoms with Crippen LogP contribution in [0.2, 0.25) is 0 Å². The van der Waals surface area contributed by atoms with E-state index in [1.54, 1.807) is 24.3 Å². The van der Waals surface area contributed by atoms with Gasteiger partial charge in [0, 0.05) is 4.47 Å². The van der Waals surface area contributed by atoms with E-state index < -0.39 is 5.69 Å². The minimum atomic E-state index is -0.395. The van der Waals surface area contributed by atoms with Crippen LogP contribution in [0.1, 0.15) is 5.56 Å². The summed E-state index contributed by atoms with van der Waals surface area (Å²) in [4.78, 5) is 27.1. The SMILES string of the molecule is O=c1[nH]c2ccccc2c(=O)n1Cc1cccc(Br)c1. The molecule has 100 valence electrons.